The molecule has 0 aliphatic carbocycles. The van der Waals surface area contributed by atoms with Crippen LogP contribution < -0.4 is 21.3 Å². The highest BCUT2D eigenvalue weighted by atomic mass is 35.5. The molecule has 0 saturated heterocycles. The van der Waals surface area contributed by atoms with E-state index in [0.29, 0.717) is 45.9 Å². The van der Waals surface area contributed by atoms with Crippen LogP contribution >= 0.6 is 23.2 Å². The Balaban J connectivity index is 1.61. The molecule has 0 atom stereocenters. The minimum absolute atomic E-state index is 0.190. The van der Waals surface area contributed by atoms with Gasteiger partial charge in [0.15, 0.2) is 0 Å². The molecule has 0 bridgehead atoms. The zero-order chi connectivity index (χ0) is 27.6. The maximum Gasteiger partial charge on any atom is 0.311 e. The van der Waals surface area contributed by atoms with Gasteiger partial charge in [0.25, 0.3) is 0 Å². The standard InChI is InChI=1S/C23H23Cl2N9O4/c1-32(2)16-10-19(35)33(22(16)36)17-11-29-23(31-20(17)13-4-3-12(24)9-14(13)25)28-8-7-27-18-6-5-15(34(37)38)21(26)30-18/h3-6,9-11,35-36H,7-8H2,1-2H3,(H3,26,27,30)(H,28,29,31). The lowest BCUT2D eigenvalue weighted by Crippen LogP contribution is -2.16. The van der Waals surface area contributed by atoms with Crippen LogP contribution in [-0.4, -0.2) is 61.8 Å². The summed E-state index contributed by atoms with van der Waals surface area (Å²) < 4.78 is 1.21. The number of aromatic nitrogens is 4. The molecule has 0 fully saturated rings. The Kier molecular flexibility index (Phi) is 7.60. The Hall–Kier alpha value is -4.49. The Labute approximate surface area is 226 Å². The van der Waals surface area contributed by atoms with Gasteiger partial charge in [-0.1, -0.05) is 23.2 Å². The van der Waals surface area contributed by atoms with Crippen molar-refractivity contribution in [3.8, 4) is 28.7 Å². The first kappa shape index (κ1) is 26.6. The van der Waals surface area contributed by atoms with E-state index < -0.39 is 4.92 Å². The quantitative estimate of drug-likeness (QED) is 0.113. The number of nitrogen functional groups attached to an aromatic ring is 1. The molecule has 3 heterocycles. The van der Waals surface area contributed by atoms with Crippen molar-refractivity contribution in [1.29, 1.82) is 0 Å². The molecule has 0 unspecified atom stereocenters. The maximum absolute atomic E-state index is 10.9. The summed E-state index contributed by atoms with van der Waals surface area (Å²) in [5, 5.41) is 39.1. The lowest BCUT2D eigenvalue weighted by molar-refractivity contribution is -0.384. The molecule has 15 heteroatoms. The number of hydrogen-bond acceptors (Lipinski definition) is 11. The van der Waals surface area contributed by atoms with Gasteiger partial charge in [0.05, 0.1) is 21.8 Å². The topological polar surface area (TPSA) is 181 Å². The Bertz CT molecular complexity index is 1510. The van der Waals surface area contributed by atoms with E-state index in [2.05, 4.69) is 25.6 Å². The van der Waals surface area contributed by atoms with E-state index in [4.69, 9.17) is 28.9 Å². The first-order valence-corrected chi connectivity index (χ1v) is 11.8. The minimum Gasteiger partial charge on any atom is -0.494 e. The molecular weight excluding hydrogens is 537 g/mol. The third-order valence-electron chi connectivity index (χ3n) is 5.43. The predicted octanol–water partition coefficient (Wildman–Crippen LogP) is 4.13. The van der Waals surface area contributed by atoms with Crippen molar-refractivity contribution in [2.45, 2.75) is 0 Å². The second kappa shape index (κ2) is 10.9. The lowest BCUT2D eigenvalue weighted by Gasteiger charge is -2.16. The van der Waals surface area contributed by atoms with Gasteiger partial charge in [0, 0.05) is 49.9 Å². The number of hydrogen-bond donors (Lipinski definition) is 5. The Morgan fingerprint density at radius 3 is 2.47 bits per heavy atom. The number of nitrogens with zero attached hydrogens (tertiary/aromatic N) is 6. The van der Waals surface area contributed by atoms with Crippen LogP contribution in [0.2, 0.25) is 10.0 Å². The molecule has 0 spiro atoms. The second-order valence-corrected chi connectivity index (χ2v) is 9.05. The zero-order valence-corrected chi connectivity index (χ0v) is 21.7. The smallest absolute Gasteiger partial charge is 0.311 e. The molecule has 4 aromatic rings. The van der Waals surface area contributed by atoms with Crippen LogP contribution in [0.25, 0.3) is 16.9 Å². The van der Waals surface area contributed by atoms with Gasteiger partial charge in [-0.3, -0.25) is 10.1 Å². The number of anilines is 4. The van der Waals surface area contributed by atoms with Crippen molar-refractivity contribution in [3.05, 3.63) is 62.8 Å². The molecule has 0 aliphatic heterocycles. The van der Waals surface area contributed by atoms with Crippen LogP contribution in [0.5, 0.6) is 11.8 Å². The Morgan fingerprint density at radius 2 is 1.84 bits per heavy atom. The molecule has 0 saturated carbocycles. The van der Waals surface area contributed by atoms with Crippen molar-refractivity contribution in [2.75, 3.05) is 48.5 Å². The molecule has 4 rings (SSSR count). The fourth-order valence-corrected chi connectivity index (χ4v) is 4.13. The molecule has 6 N–H and O–H groups in total. The number of nitrogens with two attached hydrogens (primary N) is 1. The van der Waals surface area contributed by atoms with Gasteiger partial charge in [0.2, 0.25) is 23.5 Å². The summed E-state index contributed by atoms with van der Waals surface area (Å²) in [4.78, 5) is 24.8. The van der Waals surface area contributed by atoms with Crippen LogP contribution in [-0.2, 0) is 0 Å². The molecule has 1 aromatic carbocycles. The maximum atomic E-state index is 10.9. The van der Waals surface area contributed by atoms with Gasteiger partial charge in [-0.2, -0.15) is 0 Å². The summed E-state index contributed by atoms with van der Waals surface area (Å²) in [6.07, 6.45) is 1.44. The van der Waals surface area contributed by atoms with Crippen molar-refractivity contribution in [3.63, 3.8) is 0 Å². The van der Waals surface area contributed by atoms with Gasteiger partial charge < -0.3 is 31.5 Å². The summed E-state index contributed by atoms with van der Waals surface area (Å²) in [5.74, 6) is -0.00444. The average Bonchev–Trinajstić information content (AvgIpc) is 3.15. The molecule has 0 radical (unpaired) electrons. The fourth-order valence-electron chi connectivity index (χ4n) is 3.63. The summed E-state index contributed by atoms with van der Waals surface area (Å²) >= 11 is 12.5. The highest BCUT2D eigenvalue weighted by Gasteiger charge is 2.22. The van der Waals surface area contributed by atoms with Crippen molar-refractivity contribution in [1.82, 2.24) is 19.5 Å². The fraction of sp³-hybridized carbons (Fsp3) is 0.174. The normalized spacial score (nSPS) is 10.8. The van der Waals surface area contributed by atoms with E-state index in [9.17, 15) is 20.3 Å². The highest BCUT2D eigenvalue weighted by molar-refractivity contribution is 6.36. The second-order valence-electron chi connectivity index (χ2n) is 8.20. The van der Waals surface area contributed by atoms with Crippen molar-refractivity contribution < 1.29 is 15.1 Å². The minimum atomic E-state index is -0.603. The molecule has 3 aromatic heterocycles. The predicted molar refractivity (Wildman–Crippen MR) is 147 cm³/mol. The molecule has 0 aliphatic rings. The monoisotopic (exact) mass is 559 g/mol. The van der Waals surface area contributed by atoms with Crippen LogP contribution in [0, 0.1) is 10.1 Å². The van der Waals surface area contributed by atoms with Crippen LogP contribution in [0.3, 0.4) is 0 Å². The van der Waals surface area contributed by atoms with Crippen LogP contribution in [0.1, 0.15) is 0 Å². The summed E-state index contributed by atoms with van der Waals surface area (Å²) in [6.45, 7) is 0.703. The number of nitro groups is 1. The molecule has 0 amide bonds. The first-order valence-electron chi connectivity index (χ1n) is 11.1. The highest BCUT2D eigenvalue weighted by Crippen LogP contribution is 2.41. The largest absolute Gasteiger partial charge is 0.494 e. The number of halogens is 2. The van der Waals surface area contributed by atoms with Gasteiger partial charge in [-0.15, -0.1) is 0 Å². The first-order chi connectivity index (χ1) is 18.1. The van der Waals surface area contributed by atoms with Crippen LogP contribution in [0.4, 0.5) is 29.0 Å². The SMILES string of the molecule is CN(C)c1cc(O)n(-c2cnc(NCCNc3ccc([N+](=O)[O-])c(N)n3)nc2-c2ccc(Cl)cc2Cl)c1O. The van der Waals surface area contributed by atoms with E-state index in [1.807, 2.05) is 0 Å². The van der Waals surface area contributed by atoms with E-state index in [1.54, 1.807) is 37.2 Å². The third kappa shape index (κ3) is 5.43. The third-order valence-corrected chi connectivity index (χ3v) is 5.98. The number of rotatable bonds is 9. The van der Waals surface area contributed by atoms with E-state index >= 15 is 0 Å². The molecule has 198 valence electrons. The van der Waals surface area contributed by atoms with Crippen LogP contribution in [0.15, 0.2) is 42.6 Å². The Morgan fingerprint density at radius 1 is 1.11 bits per heavy atom. The number of nitrogens with one attached hydrogen (secondary N) is 2. The zero-order valence-electron chi connectivity index (χ0n) is 20.2. The molecule has 13 nitrogen and oxygen atoms in total. The van der Waals surface area contributed by atoms with Gasteiger partial charge >= 0.3 is 5.69 Å². The van der Waals surface area contributed by atoms with E-state index in [0.717, 1.165) is 0 Å². The average molecular weight is 560 g/mol. The summed E-state index contributed by atoms with van der Waals surface area (Å²) in [7, 11) is 3.46. The van der Waals surface area contributed by atoms with Gasteiger partial charge in [0.1, 0.15) is 17.2 Å². The van der Waals surface area contributed by atoms with Crippen molar-refractivity contribution in [2.24, 2.45) is 0 Å². The summed E-state index contributed by atoms with van der Waals surface area (Å²) in [5.41, 5.74) is 6.86. The number of aromatic hydroxyl groups is 2. The van der Waals surface area contributed by atoms with E-state index in [1.165, 1.54) is 29.0 Å². The number of pyridine rings is 1. The van der Waals surface area contributed by atoms with E-state index in [-0.39, 0.29) is 34.9 Å². The lowest BCUT2D eigenvalue weighted by atomic mass is 10.1. The number of benzene rings is 1. The molecular formula is C23H23Cl2N9O4. The van der Waals surface area contributed by atoms with Crippen molar-refractivity contribution >= 4 is 52.2 Å². The van der Waals surface area contributed by atoms with Gasteiger partial charge in [-0.05, 0) is 24.3 Å². The summed E-state index contributed by atoms with van der Waals surface area (Å²) in [6, 6.07) is 9.03. The van der Waals surface area contributed by atoms with Gasteiger partial charge in [-0.25, -0.2) is 19.5 Å². The molecule has 38 heavy (non-hydrogen) atoms.